The van der Waals surface area contributed by atoms with Gasteiger partial charge in [-0.25, -0.2) is 0 Å². The maximum absolute atomic E-state index is 12.0. The maximum atomic E-state index is 12.0. The average molecular weight is 360 g/mol. The number of carbonyl (C=O) groups is 1. The number of aliphatic hydroxyl groups is 1. The Morgan fingerprint density at radius 1 is 1.00 bits per heavy atom. The number of fused-ring (bicyclic) bond motifs is 5. The SMILES string of the molecule is C[C@]12CCC(=O)CC1CC[C@@H]1[C@@H]2CC[C@]2(C)C(O)C(N3CCCC3)C[C@@H]12. The Morgan fingerprint density at radius 3 is 2.54 bits per heavy atom. The zero-order valence-electron chi connectivity index (χ0n) is 16.8. The fraction of sp³-hybridized carbons (Fsp3) is 0.957. The number of hydrogen-bond acceptors (Lipinski definition) is 3. The summed E-state index contributed by atoms with van der Waals surface area (Å²) in [5.41, 5.74) is 0.511. The molecule has 4 saturated carbocycles. The van der Waals surface area contributed by atoms with Gasteiger partial charge in [-0.15, -0.1) is 0 Å². The molecule has 5 rings (SSSR count). The van der Waals surface area contributed by atoms with Gasteiger partial charge in [0.15, 0.2) is 0 Å². The van der Waals surface area contributed by atoms with Crippen molar-refractivity contribution in [3.63, 3.8) is 0 Å². The second-order valence-corrected chi connectivity index (χ2v) is 10.9. The molecule has 3 heteroatoms. The Labute approximate surface area is 158 Å². The molecular formula is C23H37NO2. The zero-order valence-corrected chi connectivity index (χ0v) is 16.8. The molecule has 1 N–H and O–H groups in total. The molecule has 8 atom stereocenters. The first-order valence-electron chi connectivity index (χ1n) is 11.4. The van der Waals surface area contributed by atoms with Crippen LogP contribution in [0.1, 0.15) is 78.1 Å². The van der Waals surface area contributed by atoms with E-state index in [0.29, 0.717) is 29.1 Å². The quantitative estimate of drug-likeness (QED) is 0.768. The highest BCUT2D eigenvalue weighted by molar-refractivity contribution is 5.79. The Hall–Kier alpha value is -0.410. The fourth-order valence-electron chi connectivity index (χ4n) is 8.45. The van der Waals surface area contributed by atoms with Crippen LogP contribution in [0.3, 0.4) is 0 Å². The van der Waals surface area contributed by atoms with Gasteiger partial charge in [0.05, 0.1) is 6.10 Å². The largest absolute Gasteiger partial charge is 0.391 e. The van der Waals surface area contributed by atoms with Crippen molar-refractivity contribution in [3.8, 4) is 0 Å². The van der Waals surface area contributed by atoms with Crippen LogP contribution in [-0.2, 0) is 4.79 Å². The van der Waals surface area contributed by atoms with Crippen LogP contribution < -0.4 is 0 Å². The highest BCUT2D eigenvalue weighted by Gasteiger charge is 2.62. The summed E-state index contributed by atoms with van der Waals surface area (Å²) in [5.74, 6) is 3.41. The maximum Gasteiger partial charge on any atom is 0.133 e. The van der Waals surface area contributed by atoms with Gasteiger partial charge in [0.2, 0.25) is 0 Å². The number of rotatable bonds is 1. The van der Waals surface area contributed by atoms with E-state index in [4.69, 9.17) is 0 Å². The van der Waals surface area contributed by atoms with E-state index in [-0.39, 0.29) is 11.5 Å². The first-order valence-corrected chi connectivity index (χ1v) is 11.4. The lowest BCUT2D eigenvalue weighted by molar-refractivity contribution is -0.142. The monoisotopic (exact) mass is 359 g/mol. The first-order chi connectivity index (χ1) is 12.4. The number of nitrogens with zero attached hydrogens (tertiary/aromatic N) is 1. The summed E-state index contributed by atoms with van der Waals surface area (Å²) in [6, 6.07) is 0.407. The fourth-order valence-corrected chi connectivity index (χ4v) is 8.45. The number of Topliss-reactive ketones (excluding diaryl/α,β-unsaturated/α-hetero) is 1. The molecule has 5 aliphatic rings. The van der Waals surface area contributed by atoms with Crippen LogP contribution in [0.15, 0.2) is 0 Å². The van der Waals surface area contributed by atoms with Crippen molar-refractivity contribution in [2.75, 3.05) is 13.1 Å². The Morgan fingerprint density at radius 2 is 1.77 bits per heavy atom. The normalized spacial score (nSPS) is 54.7. The molecule has 4 aliphatic carbocycles. The molecule has 3 unspecified atom stereocenters. The third-order valence-corrected chi connectivity index (χ3v) is 10.1. The molecule has 0 aromatic rings. The Bertz CT molecular complexity index is 585. The minimum Gasteiger partial charge on any atom is -0.391 e. The standard InChI is InChI=1S/C23H37NO2/c1-22-9-7-16(25)13-15(22)5-6-17-18(22)8-10-23(2)19(17)14-20(21(23)26)24-11-3-4-12-24/h15,17-21,26H,3-14H2,1-2H3/t15?,17-,18+,19+,20?,21?,22+,23+/m1/s1. The molecule has 146 valence electrons. The molecule has 0 spiro atoms. The van der Waals surface area contributed by atoms with Gasteiger partial charge in [0.1, 0.15) is 5.78 Å². The van der Waals surface area contributed by atoms with Gasteiger partial charge in [-0.1, -0.05) is 13.8 Å². The molecular weight excluding hydrogens is 322 g/mol. The van der Waals surface area contributed by atoms with Crippen molar-refractivity contribution in [2.45, 2.75) is 90.2 Å². The Balaban J connectivity index is 1.42. The van der Waals surface area contributed by atoms with Gasteiger partial charge < -0.3 is 5.11 Å². The summed E-state index contributed by atoms with van der Waals surface area (Å²) < 4.78 is 0. The van der Waals surface area contributed by atoms with Gasteiger partial charge in [-0.2, -0.15) is 0 Å². The lowest BCUT2D eigenvalue weighted by atomic mass is 9.45. The van der Waals surface area contributed by atoms with Crippen molar-refractivity contribution >= 4 is 5.78 Å². The molecule has 0 radical (unpaired) electrons. The van der Waals surface area contributed by atoms with Crippen molar-refractivity contribution in [1.82, 2.24) is 4.90 Å². The van der Waals surface area contributed by atoms with Gasteiger partial charge in [0, 0.05) is 18.9 Å². The van der Waals surface area contributed by atoms with Crippen LogP contribution in [0.5, 0.6) is 0 Å². The predicted molar refractivity (Wildman–Crippen MR) is 103 cm³/mol. The van der Waals surface area contributed by atoms with Crippen molar-refractivity contribution in [3.05, 3.63) is 0 Å². The summed E-state index contributed by atoms with van der Waals surface area (Å²) in [6.07, 6.45) is 11.5. The average Bonchev–Trinajstić information content (AvgIpc) is 3.23. The second kappa shape index (κ2) is 6.04. The van der Waals surface area contributed by atoms with E-state index in [2.05, 4.69) is 18.7 Å². The molecule has 0 aromatic carbocycles. The molecule has 0 aromatic heterocycles. The van der Waals surface area contributed by atoms with Crippen LogP contribution in [-0.4, -0.2) is 41.0 Å². The van der Waals surface area contributed by atoms with Crippen LogP contribution >= 0.6 is 0 Å². The first kappa shape index (κ1) is 17.7. The van der Waals surface area contributed by atoms with Crippen molar-refractivity contribution in [1.29, 1.82) is 0 Å². The van der Waals surface area contributed by atoms with Crippen molar-refractivity contribution < 1.29 is 9.90 Å². The van der Waals surface area contributed by atoms with E-state index in [0.717, 1.165) is 31.1 Å². The van der Waals surface area contributed by atoms with E-state index in [9.17, 15) is 9.90 Å². The number of hydrogen-bond donors (Lipinski definition) is 1. The molecule has 1 saturated heterocycles. The smallest absolute Gasteiger partial charge is 0.133 e. The highest BCUT2D eigenvalue weighted by atomic mass is 16.3. The molecule has 1 aliphatic heterocycles. The predicted octanol–water partition coefficient (Wildman–Crippen LogP) is 4.03. The zero-order chi connectivity index (χ0) is 18.1. The summed E-state index contributed by atoms with van der Waals surface area (Å²) >= 11 is 0. The number of aliphatic hydroxyl groups excluding tert-OH is 1. The van der Waals surface area contributed by atoms with E-state index in [1.807, 2.05) is 0 Å². The van der Waals surface area contributed by atoms with E-state index in [1.54, 1.807) is 0 Å². The molecule has 0 amide bonds. The molecule has 5 fully saturated rings. The lowest BCUT2D eigenvalue weighted by Gasteiger charge is -2.59. The molecule has 0 bridgehead atoms. The van der Waals surface area contributed by atoms with Gasteiger partial charge in [0.25, 0.3) is 0 Å². The summed E-state index contributed by atoms with van der Waals surface area (Å²) in [7, 11) is 0. The summed E-state index contributed by atoms with van der Waals surface area (Å²) in [5, 5.41) is 11.3. The Kier molecular flexibility index (Phi) is 4.11. The summed E-state index contributed by atoms with van der Waals surface area (Å²) in [6.45, 7) is 7.32. The van der Waals surface area contributed by atoms with Gasteiger partial charge >= 0.3 is 0 Å². The number of likely N-dealkylation sites (tertiary alicyclic amines) is 1. The third kappa shape index (κ3) is 2.35. The van der Waals surface area contributed by atoms with Crippen molar-refractivity contribution in [2.24, 2.45) is 34.5 Å². The topological polar surface area (TPSA) is 40.5 Å². The lowest BCUT2D eigenvalue weighted by Crippen LogP contribution is -2.54. The van der Waals surface area contributed by atoms with E-state index in [1.165, 1.54) is 58.0 Å². The van der Waals surface area contributed by atoms with Gasteiger partial charge in [-0.3, -0.25) is 9.69 Å². The summed E-state index contributed by atoms with van der Waals surface area (Å²) in [4.78, 5) is 14.7. The van der Waals surface area contributed by atoms with Crippen LogP contribution in [0.25, 0.3) is 0 Å². The van der Waals surface area contributed by atoms with Gasteiger partial charge in [-0.05, 0) is 99.0 Å². The molecule has 3 nitrogen and oxygen atoms in total. The minimum atomic E-state index is -0.134. The molecule has 26 heavy (non-hydrogen) atoms. The van der Waals surface area contributed by atoms with E-state index >= 15 is 0 Å². The number of ketones is 1. The van der Waals surface area contributed by atoms with E-state index < -0.39 is 0 Å². The van der Waals surface area contributed by atoms with Crippen LogP contribution in [0.4, 0.5) is 0 Å². The van der Waals surface area contributed by atoms with Crippen LogP contribution in [0.2, 0.25) is 0 Å². The number of carbonyl (C=O) groups excluding carboxylic acids is 1. The minimum absolute atomic E-state index is 0.127. The highest BCUT2D eigenvalue weighted by Crippen LogP contribution is 2.66. The van der Waals surface area contributed by atoms with Crippen LogP contribution in [0, 0.1) is 34.5 Å². The third-order valence-electron chi connectivity index (χ3n) is 10.1. The second-order valence-electron chi connectivity index (χ2n) is 10.9. The molecule has 1 heterocycles.